The second-order valence-corrected chi connectivity index (χ2v) is 1.22. The molecule has 1 heterocycles. The van der Waals surface area contributed by atoms with Crippen LogP contribution in [0.2, 0.25) is 0 Å². The molecule has 0 aliphatic carbocycles. The molecule has 1 aliphatic heterocycles. The SMILES string of the molecule is C1COCCO1.NN. The predicted octanol–water partition coefficient (Wildman–Crippen LogP) is -1.15. The van der Waals surface area contributed by atoms with Crippen LogP contribution in [0.3, 0.4) is 0 Å². The molecular formula is C4H12N2O2. The Kier molecular flexibility index (Phi) is 6.70. The van der Waals surface area contributed by atoms with Crippen LogP contribution in [0.5, 0.6) is 0 Å². The van der Waals surface area contributed by atoms with E-state index in [2.05, 4.69) is 11.7 Å². The third-order valence-electron chi connectivity index (χ3n) is 0.744. The average molecular weight is 120 g/mol. The Morgan fingerprint density at radius 2 is 1.00 bits per heavy atom. The van der Waals surface area contributed by atoms with Gasteiger partial charge in [-0.2, -0.15) is 0 Å². The smallest absolute Gasteiger partial charge is 0.0701 e. The lowest BCUT2D eigenvalue weighted by Gasteiger charge is -2.09. The van der Waals surface area contributed by atoms with E-state index in [1.807, 2.05) is 0 Å². The van der Waals surface area contributed by atoms with Gasteiger partial charge in [-0.3, -0.25) is 11.7 Å². The van der Waals surface area contributed by atoms with Gasteiger partial charge in [0.25, 0.3) is 0 Å². The molecule has 0 aromatic carbocycles. The van der Waals surface area contributed by atoms with Crippen molar-refractivity contribution in [3.63, 3.8) is 0 Å². The van der Waals surface area contributed by atoms with Gasteiger partial charge < -0.3 is 9.47 Å². The molecule has 1 fully saturated rings. The highest BCUT2D eigenvalue weighted by Gasteiger charge is 1.94. The van der Waals surface area contributed by atoms with E-state index in [1.54, 1.807) is 0 Å². The van der Waals surface area contributed by atoms with Crippen molar-refractivity contribution in [2.45, 2.75) is 0 Å². The number of hydrazine groups is 1. The lowest BCUT2D eigenvalue weighted by molar-refractivity contribution is -0.0334. The van der Waals surface area contributed by atoms with E-state index in [0.717, 1.165) is 26.4 Å². The fraction of sp³-hybridized carbons (Fsp3) is 1.00. The lowest BCUT2D eigenvalue weighted by atomic mass is 10.6. The normalized spacial score (nSPS) is 18.8. The monoisotopic (exact) mass is 120 g/mol. The molecule has 0 unspecified atom stereocenters. The zero-order valence-electron chi connectivity index (χ0n) is 4.80. The molecule has 0 bridgehead atoms. The van der Waals surface area contributed by atoms with E-state index >= 15 is 0 Å². The highest BCUT2D eigenvalue weighted by molar-refractivity contribution is 4.37. The first kappa shape index (κ1) is 7.84. The Morgan fingerprint density at radius 1 is 0.750 bits per heavy atom. The molecule has 0 saturated carbocycles. The maximum absolute atomic E-state index is 4.94. The molecule has 4 nitrogen and oxygen atoms in total. The predicted molar refractivity (Wildman–Crippen MR) is 30.0 cm³/mol. The summed E-state index contributed by atoms with van der Waals surface area (Å²) in [5.41, 5.74) is 0. The first-order chi connectivity index (χ1) is 4.00. The van der Waals surface area contributed by atoms with Crippen LogP contribution in [0.15, 0.2) is 0 Å². The Hall–Kier alpha value is -0.160. The molecule has 0 aromatic rings. The summed E-state index contributed by atoms with van der Waals surface area (Å²) in [6.45, 7) is 3.11. The van der Waals surface area contributed by atoms with Gasteiger partial charge in [-0.05, 0) is 0 Å². The third-order valence-corrected chi connectivity index (χ3v) is 0.744. The number of ether oxygens (including phenoxy) is 2. The van der Waals surface area contributed by atoms with Crippen molar-refractivity contribution in [3.8, 4) is 0 Å². The van der Waals surface area contributed by atoms with E-state index in [-0.39, 0.29) is 0 Å². The van der Waals surface area contributed by atoms with Gasteiger partial charge in [-0.15, -0.1) is 0 Å². The first-order valence-corrected chi connectivity index (χ1v) is 2.49. The molecule has 8 heavy (non-hydrogen) atoms. The maximum Gasteiger partial charge on any atom is 0.0701 e. The topological polar surface area (TPSA) is 70.5 Å². The van der Waals surface area contributed by atoms with Crippen molar-refractivity contribution < 1.29 is 9.47 Å². The summed E-state index contributed by atoms with van der Waals surface area (Å²) < 4.78 is 9.89. The molecule has 4 heteroatoms. The quantitative estimate of drug-likeness (QED) is 0.313. The summed E-state index contributed by atoms with van der Waals surface area (Å²) in [6, 6.07) is 0. The lowest BCUT2D eigenvalue weighted by Crippen LogP contribution is -2.16. The average Bonchev–Trinajstić information content (AvgIpc) is 1.96. The number of hydrogen-bond donors (Lipinski definition) is 2. The molecular weight excluding hydrogens is 108 g/mol. The van der Waals surface area contributed by atoms with Crippen LogP contribution >= 0.6 is 0 Å². The second-order valence-electron chi connectivity index (χ2n) is 1.22. The van der Waals surface area contributed by atoms with Crippen molar-refractivity contribution in [3.05, 3.63) is 0 Å². The highest BCUT2D eigenvalue weighted by atomic mass is 16.6. The first-order valence-electron chi connectivity index (χ1n) is 2.49. The molecule has 1 rings (SSSR count). The largest absolute Gasteiger partial charge is 0.377 e. The van der Waals surface area contributed by atoms with E-state index < -0.39 is 0 Å². The summed E-state index contributed by atoms with van der Waals surface area (Å²) in [5.74, 6) is 8.00. The minimum atomic E-state index is 0.778. The number of rotatable bonds is 0. The summed E-state index contributed by atoms with van der Waals surface area (Å²) in [6.07, 6.45) is 0. The van der Waals surface area contributed by atoms with Crippen molar-refractivity contribution >= 4 is 0 Å². The van der Waals surface area contributed by atoms with Crippen LogP contribution < -0.4 is 11.7 Å². The van der Waals surface area contributed by atoms with Crippen LogP contribution in [0.4, 0.5) is 0 Å². The zero-order valence-corrected chi connectivity index (χ0v) is 4.80. The second kappa shape index (κ2) is 6.84. The number of hydrogen-bond acceptors (Lipinski definition) is 4. The van der Waals surface area contributed by atoms with Crippen molar-refractivity contribution in [1.82, 2.24) is 0 Å². The fourth-order valence-corrected chi connectivity index (χ4v) is 0.440. The molecule has 4 N–H and O–H groups in total. The van der Waals surface area contributed by atoms with Gasteiger partial charge in [0.15, 0.2) is 0 Å². The van der Waals surface area contributed by atoms with Gasteiger partial charge in [0.05, 0.1) is 26.4 Å². The van der Waals surface area contributed by atoms with E-state index in [1.165, 1.54) is 0 Å². The molecule has 1 saturated heterocycles. The summed E-state index contributed by atoms with van der Waals surface area (Å²) in [7, 11) is 0. The van der Waals surface area contributed by atoms with E-state index in [0.29, 0.717) is 0 Å². The molecule has 1 aliphatic rings. The Balaban J connectivity index is 0.000000222. The molecule has 0 atom stereocenters. The van der Waals surface area contributed by atoms with Crippen LogP contribution in [0.1, 0.15) is 0 Å². The number of nitrogens with two attached hydrogens (primary N) is 2. The minimum absolute atomic E-state index is 0.778. The van der Waals surface area contributed by atoms with Gasteiger partial charge >= 0.3 is 0 Å². The maximum atomic E-state index is 4.94. The fourth-order valence-electron chi connectivity index (χ4n) is 0.440. The Labute approximate surface area is 48.7 Å². The van der Waals surface area contributed by atoms with Gasteiger partial charge in [0.1, 0.15) is 0 Å². The van der Waals surface area contributed by atoms with Crippen LogP contribution in [0, 0.1) is 0 Å². The van der Waals surface area contributed by atoms with Crippen molar-refractivity contribution in [2.75, 3.05) is 26.4 Å². The zero-order chi connectivity index (χ0) is 6.24. The van der Waals surface area contributed by atoms with E-state index in [4.69, 9.17) is 9.47 Å². The van der Waals surface area contributed by atoms with Crippen LogP contribution in [0.25, 0.3) is 0 Å². The summed E-state index contributed by atoms with van der Waals surface area (Å²) in [5, 5.41) is 0. The standard InChI is InChI=1S/C4H8O2.H4N2/c1-2-6-4-3-5-1;1-2/h1-4H2;1-2H2. The minimum Gasteiger partial charge on any atom is -0.377 e. The summed E-state index contributed by atoms with van der Waals surface area (Å²) in [4.78, 5) is 0. The Morgan fingerprint density at radius 3 is 1.12 bits per heavy atom. The van der Waals surface area contributed by atoms with Gasteiger partial charge in [0, 0.05) is 0 Å². The molecule has 0 amide bonds. The molecule has 0 radical (unpaired) electrons. The van der Waals surface area contributed by atoms with Gasteiger partial charge in [-0.1, -0.05) is 0 Å². The van der Waals surface area contributed by atoms with Crippen LogP contribution in [-0.4, -0.2) is 26.4 Å². The molecule has 0 spiro atoms. The van der Waals surface area contributed by atoms with Crippen LogP contribution in [-0.2, 0) is 9.47 Å². The molecule has 0 aromatic heterocycles. The van der Waals surface area contributed by atoms with E-state index in [9.17, 15) is 0 Å². The van der Waals surface area contributed by atoms with Crippen molar-refractivity contribution in [1.29, 1.82) is 0 Å². The third kappa shape index (κ3) is 4.01. The summed E-state index contributed by atoms with van der Waals surface area (Å²) >= 11 is 0. The Bertz CT molecular complexity index is 27.5. The van der Waals surface area contributed by atoms with Gasteiger partial charge in [-0.25, -0.2) is 0 Å². The van der Waals surface area contributed by atoms with Gasteiger partial charge in [0.2, 0.25) is 0 Å². The van der Waals surface area contributed by atoms with Crippen molar-refractivity contribution in [2.24, 2.45) is 11.7 Å². The highest BCUT2D eigenvalue weighted by Crippen LogP contribution is 1.85. The molecule has 50 valence electrons.